The topological polar surface area (TPSA) is 85.2 Å². The highest BCUT2D eigenvalue weighted by Crippen LogP contribution is 2.31. The Bertz CT molecular complexity index is 973. The standard InChI is InChI=1S/C18H20N6O2S/c1-3-15(25)24-9-4-12(5-10-24)26-17-16-13(7-11-27-16)19-18(21-17)20-14-6-8-23(2)22-14/h3,6-8,11-12H,1,4-5,9-10H2,2H3,(H,19,20,21,22). The molecule has 1 saturated heterocycles. The number of carbonyl (C=O) groups is 1. The van der Waals surface area contributed by atoms with Gasteiger partial charge in [-0.1, -0.05) is 6.58 Å². The second-order valence-corrected chi connectivity index (χ2v) is 7.25. The number of fused-ring (bicyclic) bond motifs is 1. The maximum absolute atomic E-state index is 11.7. The van der Waals surface area contributed by atoms with Crippen LogP contribution in [0.15, 0.2) is 36.4 Å². The Morgan fingerprint density at radius 2 is 2.19 bits per heavy atom. The van der Waals surface area contributed by atoms with Crippen molar-refractivity contribution in [1.29, 1.82) is 0 Å². The molecule has 3 aromatic heterocycles. The summed E-state index contributed by atoms with van der Waals surface area (Å²) in [5, 5.41) is 9.39. The van der Waals surface area contributed by atoms with Gasteiger partial charge in [0.15, 0.2) is 5.82 Å². The molecule has 3 aromatic rings. The molecule has 1 N–H and O–H groups in total. The van der Waals surface area contributed by atoms with Crippen molar-refractivity contribution in [1.82, 2.24) is 24.6 Å². The number of thiophene rings is 1. The number of nitrogens with one attached hydrogen (secondary N) is 1. The van der Waals surface area contributed by atoms with Crippen LogP contribution in [0.4, 0.5) is 11.8 Å². The smallest absolute Gasteiger partial charge is 0.245 e. The number of carbonyl (C=O) groups excluding carboxylic acids is 1. The lowest BCUT2D eigenvalue weighted by Crippen LogP contribution is -2.41. The number of piperidine rings is 1. The van der Waals surface area contributed by atoms with Gasteiger partial charge in [0.25, 0.3) is 0 Å². The monoisotopic (exact) mass is 384 g/mol. The molecule has 0 aliphatic carbocycles. The molecule has 0 spiro atoms. The molecule has 0 aromatic carbocycles. The Morgan fingerprint density at radius 1 is 1.37 bits per heavy atom. The molecule has 0 saturated carbocycles. The number of hydrogen-bond acceptors (Lipinski definition) is 7. The van der Waals surface area contributed by atoms with E-state index in [1.807, 2.05) is 30.8 Å². The van der Waals surface area contributed by atoms with Crippen LogP contribution in [-0.4, -0.2) is 49.7 Å². The Hall–Kier alpha value is -2.94. The van der Waals surface area contributed by atoms with Crippen molar-refractivity contribution < 1.29 is 9.53 Å². The number of rotatable bonds is 5. The van der Waals surface area contributed by atoms with E-state index in [1.54, 1.807) is 20.9 Å². The quantitative estimate of drug-likeness (QED) is 0.681. The Labute approximate surface area is 160 Å². The second kappa shape index (κ2) is 7.36. The minimum Gasteiger partial charge on any atom is -0.473 e. The van der Waals surface area contributed by atoms with Crippen molar-refractivity contribution in [3.63, 3.8) is 0 Å². The normalized spacial score (nSPS) is 15.1. The summed E-state index contributed by atoms with van der Waals surface area (Å²) < 4.78 is 8.83. The van der Waals surface area contributed by atoms with Crippen molar-refractivity contribution in [3.8, 4) is 5.88 Å². The molecule has 27 heavy (non-hydrogen) atoms. The SMILES string of the molecule is C=CC(=O)N1CCC(Oc2nc(Nc3ccn(C)n3)nc3ccsc23)CC1. The summed E-state index contributed by atoms with van der Waals surface area (Å²) in [5.41, 5.74) is 0.836. The third-order valence-electron chi connectivity index (χ3n) is 4.43. The highest BCUT2D eigenvalue weighted by molar-refractivity contribution is 7.17. The molecule has 0 atom stereocenters. The van der Waals surface area contributed by atoms with Crippen molar-refractivity contribution in [2.45, 2.75) is 18.9 Å². The molecular weight excluding hydrogens is 364 g/mol. The zero-order valence-electron chi connectivity index (χ0n) is 15.0. The maximum Gasteiger partial charge on any atom is 0.245 e. The minimum atomic E-state index is -0.0296. The van der Waals surface area contributed by atoms with E-state index >= 15 is 0 Å². The van der Waals surface area contributed by atoms with E-state index in [4.69, 9.17) is 4.74 Å². The summed E-state index contributed by atoms with van der Waals surface area (Å²) in [6, 6.07) is 3.80. The number of likely N-dealkylation sites (tertiary alicyclic amines) is 1. The van der Waals surface area contributed by atoms with E-state index in [0.29, 0.717) is 30.7 Å². The van der Waals surface area contributed by atoms with Crippen LogP contribution < -0.4 is 10.1 Å². The van der Waals surface area contributed by atoms with Crippen LogP contribution in [0.3, 0.4) is 0 Å². The molecule has 8 nitrogen and oxygen atoms in total. The van der Waals surface area contributed by atoms with Gasteiger partial charge in [0.05, 0.1) is 5.52 Å². The van der Waals surface area contributed by atoms with Crippen LogP contribution in [0.25, 0.3) is 10.2 Å². The van der Waals surface area contributed by atoms with Crippen molar-refractivity contribution >= 4 is 39.2 Å². The van der Waals surface area contributed by atoms with Gasteiger partial charge < -0.3 is 15.0 Å². The Morgan fingerprint density at radius 3 is 2.89 bits per heavy atom. The second-order valence-electron chi connectivity index (χ2n) is 6.33. The van der Waals surface area contributed by atoms with Gasteiger partial charge in [0, 0.05) is 45.2 Å². The van der Waals surface area contributed by atoms with E-state index in [9.17, 15) is 4.79 Å². The maximum atomic E-state index is 11.7. The van der Waals surface area contributed by atoms with E-state index in [2.05, 4.69) is 27.0 Å². The lowest BCUT2D eigenvalue weighted by Gasteiger charge is -2.31. The Balaban J connectivity index is 1.52. The average molecular weight is 384 g/mol. The van der Waals surface area contributed by atoms with Crippen LogP contribution in [0.2, 0.25) is 0 Å². The molecule has 1 aliphatic rings. The summed E-state index contributed by atoms with van der Waals surface area (Å²) in [6.07, 6.45) is 4.75. The van der Waals surface area contributed by atoms with E-state index < -0.39 is 0 Å². The molecule has 140 valence electrons. The molecule has 0 radical (unpaired) electrons. The summed E-state index contributed by atoms with van der Waals surface area (Å²) >= 11 is 1.56. The first-order valence-electron chi connectivity index (χ1n) is 8.72. The van der Waals surface area contributed by atoms with Gasteiger partial charge in [-0.3, -0.25) is 9.48 Å². The van der Waals surface area contributed by atoms with E-state index in [0.717, 1.165) is 23.1 Å². The number of nitrogens with zero attached hydrogens (tertiary/aromatic N) is 5. The fourth-order valence-corrected chi connectivity index (χ4v) is 3.81. The predicted octanol–water partition coefficient (Wildman–Crippen LogP) is 2.72. The fourth-order valence-electron chi connectivity index (χ4n) is 3.05. The largest absolute Gasteiger partial charge is 0.473 e. The summed E-state index contributed by atoms with van der Waals surface area (Å²) in [7, 11) is 1.85. The van der Waals surface area contributed by atoms with Crippen LogP contribution >= 0.6 is 11.3 Å². The number of aryl methyl sites for hydroxylation is 1. The summed E-state index contributed by atoms with van der Waals surface area (Å²) in [6.45, 7) is 4.86. The van der Waals surface area contributed by atoms with Crippen LogP contribution in [0.5, 0.6) is 5.88 Å². The first-order chi connectivity index (χ1) is 13.1. The molecule has 4 rings (SSSR count). The third-order valence-corrected chi connectivity index (χ3v) is 5.32. The lowest BCUT2D eigenvalue weighted by atomic mass is 10.1. The molecule has 1 aliphatic heterocycles. The number of amides is 1. The van der Waals surface area contributed by atoms with E-state index in [1.165, 1.54) is 6.08 Å². The zero-order valence-corrected chi connectivity index (χ0v) is 15.8. The van der Waals surface area contributed by atoms with E-state index in [-0.39, 0.29) is 12.0 Å². The van der Waals surface area contributed by atoms with Gasteiger partial charge in [0.1, 0.15) is 10.8 Å². The highest BCUT2D eigenvalue weighted by Gasteiger charge is 2.24. The van der Waals surface area contributed by atoms with Crippen molar-refractivity contribution in [3.05, 3.63) is 36.4 Å². The average Bonchev–Trinajstić information content (AvgIpc) is 3.30. The molecule has 0 unspecified atom stereocenters. The van der Waals surface area contributed by atoms with Gasteiger partial charge >= 0.3 is 0 Å². The summed E-state index contributed by atoms with van der Waals surface area (Å²) in [5.74, 6) is 1.67. The third kappa shape index (κ3) is 3.77. The molecule has 4 heterocycles. The first-order valence-corrected chi connectivity index (χ1v) is 9.60. The zero-order chi connectivity index (χ0) is 18.8. The van der Waals surface area contributed by atoms with Crippen LogP contribution in [0.1, 0.15) is 12.8 Å². The van der Waals surface area contributed by atoms with Gasteiger partial charge in [-0.25, -0.2) is 4.98 Å². The Kier molecular flexibility index (Phi) is 4.76. The molecule has 1 fully saturated rings. The van der Waals surface area contributed by atoms with Crippen molar-refractivity contribution in [2.75, 3.05) is 18.4 Å². The fraction of sp³-hybridized carbons (Fsp3) is 0.333. The molecule has 0 bridgehead atoms. The van der Waals surface area contributed by atoms with Crippen LogP contribution in [0, 0.1) is 0 Å². The first kappa shape index (κ1) is 17.5. The lowest BCUT2D eigenvalue weighted by molar-refractivity contribution is -0.127. The number of ether oxygens (including phenoxy) is 1. The summed E-state index contributed by atoms with van der Waals surface area (Å²) in [4.78, 5) is 22.6. The minimum absolute atomic E-state index is 0.0155. The highest BCUT2D eigenvalue weighted by atomic mass is 32.1. The number of hydrogen-bond donors (Lipinski definition) is 1. The van der Waals surface area contributed by atoms with Crippen molar-refractivity contribution in [2.24, 2.45) is 7.05 Å². The molecule has 9 heteroatoms. The van der Waals surface area contributed by atoms with Gasteiger partial charge in [0.2, 0.25) is 17.7 Å². The number of anilines is 2. The van der Waals surface area contributed by atoms with Crippen LogP contribution in [-0.2, 0) is 11.8 Å². The molecular formula is C18H20N6O2S. The molecule has 1 amide bonds. The van der Waals surface area contributed by atoms with Gasteiger partial charge in [-0.05, 0) is 17.5 Å². The van der Waals surface area contributed by atoms with Gasteiger partial charge in [-0.2, -0.15) is 10.1 Å². The van der Waals surface area contributed by atoms with Gasteiger partial charge in [-0.15, -0.1) is 11.3 Å². The number of aromatic nitrogens is 4. The predicted molar refractivity (Wildman–Crippen MR) is 104 cm³/mol.